The maximum atomic E-state index is 6.16. The van der Waals surface area contributed by atoms with Crippen molar-refractivity contribution in [2.45, 2.75) is 135 Å². The first kappa shape index (κ1) is 21.0. The van der Waals surface area contributed by atoms with Crippen LogP contribution in [-0.4, -0.2) is 11.3 Å². The van der Waals surface area contributed by atoms with Crippen LogP contribution in [0.2, 0.25) is 0 Å². The first-order chi connectivity index (χ1) is 11.1. The van der Waals surface area contributed by atoms with Crippen molar-refractivity contribution in [3.05, 3.63) is 0 Å². The van der Waals surface area contributed by atoms with Crippen molar-refractivity contribution in [3.63, 3.8) is 0 Å². The van der Waals surface area contributed by atoms with Crippen LogP contribution in [0.3, 0.4) is 0 Å². The monoisotopic (exact) mass is 325 g/mol. The SMILES string of the molecule is CCCCCCCCCCCCCCCCC1(C)OC1(N)CC. The number of hydrogen-bond donors (Lipinski definition) is 1. The van der Waals surface area contributed by atoms with Crippen LogP contribution in [0.25, 0.3) is 0 Å². The van der Waals surface area contributed by atoms with Crippen molar-refractivity contribution in [1.29, 1.82) is 0 Å². The van der Waals surface area contributed by atoms with E-state index in [-0.39, 0.29) is 11.3 Å². The average Bonchev–Trinajstić information content (AvgIpc) is 3.10. The minimum Gasteiger partial charge on any atom is -0.347 e. The first-order valence-electron chi connectivity index (χ1n) is 10.6. The highest BCUT2D eigenvalue weighted by Gasteiger charge is 2.62. The Balaban J connectivity index is 1.76. The highest BCUT2D eigenvalue weighted by Crippen LogP contribution is 2.49. The van der Waals surface area contributed by atoms with Crippen molar-refractivity contribution in [3.8, 4) is 0 Å². The van der Waals surface area contributed by atoms with Crippen molar-refractivity contribution in [2.75, 3.05) is 0 Å². The van der Waals surface area contributed by atoms with E-state index in [4.69, 9.17) is 10.5 Å². The number of nitrogens with two attached hydrogens (primary N) is 1. The lowest BCUT2D eigenvalue weighted by atomic mass is 9.94. The lowest BCUT2D eigenvalue weighted by Crippen LogP contribution is -2.32. The van der Waals surface area contributed by atoms with Gasteiger partial charge in [-0.3, -0.25) is 0 Å². The van der Waals surface area contributed by atoms with Crippen LogP contribution < -0.4 is 5.73 Å². The van der Waals surface area contributed by atoms with Crippen LogP contribution in [0.1, 0.15) is 124 Å². The van der Waals surface area contributed by atoms with Gasteiger partial charge in [0.25, 0.3) is 0 Å². The van der Waals surface area contributed by atoms with Gasteiger partial charge in [-0.25, -0.2) is 0 Å². The Bertz CT molecular complexity index is 294. The second kappa shape index (κ2) is 11.5. The molecule has 2 heteroatoms. The molecule has 0 bridgehead atoms. The highest BCUT2D eigenvalue weighted by molar-refractivity contribution is 5.08. The van der Waals surface area contributed by atoms with E-state index in [2.05, 4.69) is 20.8 Å². The molecule has 1 aliphatic heterocycles. The molecule has 0 aromatic carbocycles. The maximum Gasteiger partial charge on any atom is 0.146 e. The zero-order chi connectivity index (χ0) is 17.0. The number of hydrogen-bond acceptors (Lipinski definition) is 2. The molecule has 0 amide bonds. The van der Waals surface area contributed by atoms with E-state index in [1.807, 2.05) is 0 Å². The van der Waals surface area contributed by atoms with E-state index in [9.17, 15) is 0 Å². The van der Waals surface area contributed by atoms with Crippen LogP contribution >= 0.6 is 0 Å². The Kier molecular flexibility index (Phi) is 10.5. The summed E-state index contributed by atoms with van der Waals surface area (Å²) in [5, 5.41) is 0. The van der Waals surface area contributed by atoms with Crippen molar-refractivity contribution >= 4 is 0 Å². The molecule has 23 heavy (non-hydrogen) atoms. The lowest BCUT2D eigenvalue weighted by Gasteiger charge is -2.10. The first-order valence-corrected chi connectivity index (χ1v) is 10.6. The minimum absolute atomic E-state index is 0.0289. The highest BCUT2D eigenvalue weighted by atomic mass is 16.6. The zero-order valence-electron chi connectivity index (χ0n) is 16.3. The predicted molar refractivity (Wildman–Crippen MR) is 102 cm³/mol. The summed E-state index contributed by atoms with van der Waals surface area (Å²) in [6.07, 6.45) is 21.9. The van der Waals surface area contributed by atoms with Crippen LogP contribution in [0.15, 0.2) is 0 Å². The quantitative estimate of drug-likeness (QED) is 0.253. The number of epoxide rings is 1. The van der Waals surface area contributed by atoms with Crippen LogP contribution in [0, 0.1) is 0 Å². The Morgan fingerprint density at radius 3 is 1.39 bits per heavy atom. The van der Waals surface area contributed by atoms with Gasteiger partial charge >= 0.3 is 0 Å². The van der Waals surface area contributed by atoms with Gasteiger partial charge in [0.1, 0.15) is 11.3 Å². The molecule has 0 radical (unpaired) electrons. The third-order valence-electron chi connectivity index (χ3n) is 5.79. The molecule has 2 N–H and O–H groups in total. The summed E-state index contributed by atoms with van der Waals surface area (Å²) in [7, 11) is 0. The van der Waals surface area contributed by atoms with Gasteiger partial charge in [0.15, 0.2) is 0 Å². The van der Waals surface area contributed by atoms with Crippen LogP contribution in [0.4, 0.5) is 0 Å². The van der Waals surface area contributed by atoms with Crippen molar-refractivity contribution < 1.29 is 4.74 Å². The molecule has 1 rings (SSSR count). The number of unbranched alkanes of at least 4 members (excludes halogenated alkanes) is 13. The lowest BCUT2D eigenvalue weighted by molar-refractivity contribution is 0.258. The fraction of sp³-hybridized carbons (Fsp3) is 1.00. The summed E-state index contributed by atoms with van der Waals surface area (Å²) in [4.78, 5) is 0. The van der Waals surface area contributed by atoms with E-state index < -0.39 is 0 Å². The Morgan fingerprint density at radius 1 is 0.652 bits per heavy atom. The molecule has 138 valence electrons. The van der Waals surface area contributed by atoms with E-state index >= 15 is 0 Å². The summed E-state index contributed by atoms with van der Waals surface area (Å²) in [5.74, 6) is 0. The molecular formula is C21H43NO. The van der Waals surface area contributed by atoms with Gasteiger partial charge in [-0.05, 0) is 19.8 Å². The van der Waals surface area contributed by atoms with Gasteiger partial charge in [0.2, 0.25) is 0 Å². The topological polar surface area (TPSA) is 38.5 Å². The standard InChI is InChI=1S/C21H43NO/c1-4-6-7-8-9-10-11-12-13-14-15-16-17-18-19-20(3)21(22,5-2)23-20/h4-19,22H2,1-3H3. The summed E-state index contributed by atoms with van der Waals surface area (Å²) in [6, 6.07) is 0. The van der Waals surface area contributed by atoms with Crippen molar-refractivity contribution in [2.24, 2.45) is 5.73 Å². The minimum atomic E-state index is -0.316. The van der Waals surface area contributed by atoms with E-state index in [1.54, 1.807) is 0 Å². The predicted octanol–water partition coefficient (Wildman–Crippen LogP) is 6.71. The molecule has 0 saturated carbocycles. The van der Waals surface area contributed by atoms with E-state index in [1.165, 1.54) is 89.9 Å². The molecule has 2 nitrogen and oxygen atoms in total. The zero-order valence-corrected chi connectivity index (χ0v) is 16.3. The molecule has 0 aromatic rings. The summed E-state index contributed by atoms with van der Waals surface area (Å²) < 4.78 is 5.73. The summed E-state index contributed by atoms with van der Waals surface area (Å²) in [6.45, 7) is 6.59. The van der Waals surface area contributed by atoms with Crippen LogP contribution in [0.5, 0.6) is 0 Å². The third kappa shape index (κ3) is 8.03. The molecule has 0 aromatic heterocycles. The maximum absolute atomic E-state index is 6.16. The normalized spacial score (nSPS) is 26.6. The van der Waals surface area contributed by atoms with E-state index in [0.717, 1.165) is 12.8 Å². The molecule has 0 spiro atoms. The summed E-state index contributed by atoms with van der Waals surface area (Å²) >= 11 is 0. The van der Waals surface area contributed by atoms with Crippen molar-refractivity contribution in [1.82, 2.24) is 0 Å². The van der Waals surface area contributed by atoms with Gasteiger partial charge in [0.05, 0.1) is 0 Å². The Labute approximate surface area is 145 Å². The number of rotatable bonds is 16. The van der Waals surface area contributed by atoms with Gasteiger partial charge in [-0.2, -0.15) is 0 Å². The molecule has 0 aliphatic carbocycles. The molecule has 1 aliphatic rings. The summed E-state index contributed by atoms with van der Waals surface area (Å²) in [5.41, 5.74) is 5.81. The molecule has 1 saturated heterocycles. The van der Waals surface area contributed by atoms with Crippen LogP contribution in [-0.2, 0) is 4.74 Å². The molecule has 1 heterocycles. The van der Waals surface area contributed by atoms with Gasteiger partial charge < -0.3 is 10.5 Å². The third-order valence-corrected chi connectivity index (χ3v) is 5.79. The molecule has 1 fully saturated rings. The average molecular weight is 326 g/mol. The van der Waals surface area contributed by atoms with Gasteiger partial charge in [-0.15, -0.1) is 0 Å². The second-order valence-electron chi connectivity index (χ2n) is 7.92. The largest absolute Gasteiger partial charge is 0.347 e. The Hall–Kier alpha value is -0.0800. The fourth-order valence-corrected chi connectivity index (χ4v) is 3.74. The van der Waals surface area contributed by atoms with E-state index in [0.29, 0.717) is 0 Å². The Morgan fingerprint density at radius 2 is 1.04 bits per heavy atom. The fourth-order valence-electron chi connectivity index (χ4n) is 3.74. The second-order valence-corrected chi connectivity index (χ2v) is 7.92. The van der Waals surface area contributed by atoms with Gasteiger partial charge in [-0.1, -0.05) is 104 Å². The molecular weight excluding hydrogens is 282 g/mol. The molecule has 2 atom stereocenters. The molecule has 2 unspecified atom stereocenters. The number of ether oxygens (including phenoxy) is 1. The smallest absolute Gasteiger partial charge is 0.146 e. The van der Waals surface area contributed by atoms with Gasteiger partial charge in [0, 0.05) is 0 Å².